The molecule has 0 saturated carbocycles. The molecule has 2 aromatic rings. The summed E-state index contributed by atoms with van der Waals surface area (Å²) in [6, 6.07) is 11.0. The first-order valence-electron chi connectivity index (χ1n) is 7.67. The third-order valence-electron chi connectivity index (χ3n) is 4.17. The molecule has 0 fully saturated rings. The van der Waals surface area contributed by atoms with Crippen LogP contribution in [0.2, 0.25) is 0 Å². The van der Waals surface area contributed by atoms with Crippen LogP contribution in [0.5, 0.6) is 0 Å². The molecule has 0 bridgehead atoms. The normalized spacial score (nSPS) is 14.4. The fraction of sp³-hybridized carbons (Fsp3) is 0.529. The van der Waals surface area contributed by atoms with E-state index in [4.69, 9.17) is 0 Å². The van der Waals surface area contributed by atoms with Gasteiger partial charge in [-0.05, 0) is 18.4 Å². The van der Waals surface area contributed by atoms with Gasteiger partial charge in [0.2, 0.25) is 0 Å². The minimum atomic E-state index is 0.381. The van der Waals surface area contributed by atoms with E-state index in [-0.39, 0.29) is 0 Å². The Balaban J connectivity index is 1.97. The lowest BCUT2D eigenvalue weighted by atomic mass is 9.94. The molecular weight excluding hydrogens is 260 g/mol. The van der Waals surface area contributed by atoms with E-state index in [2.05, 4.69) is 78.1 Å². The van der Waals surface area contributed by atoms with Crippen molar-refractivity contribution in [2.45, 2.75) is 52.1 Å². The molecule has 0 amide bonds. The van der Waals surface area contributed by atoms with Crippen molar-refractivity contribution in [2.24, 2.45) is 7.05 Å². The Labute approximate surface area is 127 Å². The monoisotopic (exact) mass is 286 g/mol. The number of hydrogen-bond acceptors (Lipinski definition) is 3. The van der Waals surface area contributed by atoms with E-state index >= 15 is 0 Å². The van der Waals surface area contributed by atoms with Gasteiger partial charge in [-0.1, -0.05) is 51.1 Å². The minimum Gasteiger partial charge on any atom is -0.317 e. The summed E-state index contributed by atoms with van der Waals surface area (Å²) >= 11 is 0. The Hall–Kier alpha value is -1.68. The van der Waals surface area contributed by atoms with Crippen molar-refractivity contribution in [3.63, 3.8) is 0 Å². The molecule has 1 aromatic heterocycles. The van der Waals surface area contributed by atoms with Gasteiger partial charge >= 0.3 is 0 Å². The van der Waals surface area contributed by atoms with E-state index in [1.165, 1.54) is 5.56 Å². The highest BCUT2D eigenvalue weighted by Crippen LogP contribution is 2.19. The number of nitrogens with zero attached hydrogens (tertiary/aromatic N) is 3. The fourth-order valence-electron chi connectivity index (χ4n) is 2.51. The van der Waals surface area contributed by atoms with Crippen LogP contribution in [-0.2, 0) is 13.6 Å². The number of hydrogen-bond donors (Lipinski definition) is 1. The van der Waals surface area contributed by atoms with Gasteiger partial charge in [-0.2, -0.15) is 0 Å². The fourth-order valence-corrected chi connectivity index (χ4v) is 2.51. The molecular formula is C17H26N4. The lowest BCUT2D eigenvalue weighted by molar-refractivity contribution is 0.467. The predicted molar refractivity (Wildman–Crippen MR) is 86.3 cm³/mol. The van der Waals surface area contributed by atoms with Crippen molar-refractivity contribution in [3.8, 4) is 0 Å². The molecule has 4 nitrogen and oxygen atoms in total. The van der Waals surface area contributed by atoms with Crippen LogP contribution < -0.4 is 5.32 Å². The second kappa shape index (κ2) is 6.85. The van der Waals surface area contributed by atoms with Gasteiger partial charge in [0, 0.05) is 19.0 Å². The van der Waals surface area contributed by atoms with Gasteiger partial charge < -0.3 is 9.88 Å². The molecule has 0 spiro atoms. The molecule has 0 aliphatic carbocycles. The van der Waals surface area contributed by atoms with Crippen LogP contribution in [0, 0.1) is 0 Å². The van der Waals surface area contributed by atoms with Gasteiger partial charge in [0.15, 0.2) is 0 Å². The maximum Gasteiger partial charge on any atom is 0.146 e. The Morgan fingerprint density at radius 2 is 1.71 bits per heavy atom. The number of benzene rings is 1. The van der Waals surface area contributed by atoms with Crippen LogP contribution in [0.15, 0.2) is 30.3 Å². The van der Waals surface area contributed by atoms with E-state index < -0.39 is 0 Å². The molecule has 0 aliphatic heterocycles. The number of nitrogens with one attached hydrogen (secondary N) is 1. The molecule has 0 saturated heterocycles. The molecule has 21 heavy (non-hydrogen) atoms. The van der Waals surface area contributed by atoms with Crippen LogP contribution >= 0.6 is 0 Å². The van der Waals surface area contributed by atoms with Gasteiger partial charge in [-0.3, -0.25) is 0 Å². The maximum absolute atomic E-state index is 4.29. The third kappa shape index (κ3) is 3.70. The van der Waals surface area contributed by atoms with Crippen LogP contribution in [0.3, 0.4) is 0 Å². The Morgan fingerprint density at radius 1 is 1.05 bits per heavy atom. The smallest absolute Gasteiger partial charge is 0.146 e. The van der Waals surface area contributed by atoms with Crippen molar-refractivity contribution < 1.29 is 0 Å². The zero-order valence-electron chi connectivity index (χ0n) is 13.7. The first kappa shape index (κ1) is 15.7. The Kier molecular flexibility index (Phi) is 5.12. The van der Waals surface area contributed by atoms with Crippen LogP contribution in [0.1, 0.15) is 56.7 Å². The standard InChI is InChI=1S/C17H26N4/c1-12(2)17-20-19-16(21(17)5)11-18-14(4)13(3)15-9-7-6-8-10-15/h6-10,12-14,18H,11H2,1-5H3/t13-,14-/m1/s1. The number of aromatic nitrogens is 3. The highest BCUT2D eigenvalue weighted by atomic mass is 15.3. The summed E-state index contributed by atoms with van der Waals surface area (Å²) in [7, 11) is 2.04. The summed E-state index contributed by atoms with van der Waals surface area (Å²) in [5, 5.41) is 12.1. The highest BCUT2D eigenvalue weighted by Gasteiger charge is 2.16. The van der Waals surface area contributed by atoms with Gasteiger partial charge in [0.25, 0.3) is 0 Å². The summed E-state index contributed by atoms with van der Waals surface area (Å²) < 4.78 is 2.09. The third-order valence-corrected chi connectivity index (χ3v) is 4.17. The highest BCUT2D eigenvalue weighted by molar-refractivity contribution is 5.20. The summed E-state index contributed by atoms with van der Waals surface area (Å²) in [6.45, 7) is 9.50. The quantitative estimate of drug-likeness (QED) is 0.886. The zero-order chi connectivity index (χ0) is 15.4. The average molecular weight is 286 g/mol. The second-order valence-electron chi connectivity index (χ2n) is 6.06. The largest absolute Gasteiger partial charge is 0.317 e. The predicted octanol–water partition coefficient (Wildman–Crippen LogP) is 3.22. The average Bonchev–Trinajstić information content (AvgIpc) is 2.86. The van der Waals surface area contributed by atoms with Crippen LogP contribution in [0.25, 0.3) is 0 Å². The molecule has 0 unspecified atom stereocenters. The first-order valence-corrected chi connectivity index (χ1v) is 7.67. The molecule has 114 valence electrons. The van der Waals surface area contributed by atoms with E-state index in [1.807, 2.05) is 7.05 Å². The molecule has 1 aromatic carbocycles. The van der Waals surface area contributed by atoms with Gasteiger partial charge in [-0.25, -0.2) is 0 Å². The molecule has 4 heteroatoms. The van der Waals surface area contributed by atoms with E-state index in [1.54, 1.807) is 0 Å². The van der Waals surface area contributed by atoms with Crippen LogP contribution in [-0.4, -0.2) is 20.8 Å². The topological polar surface area (TPSA) is 42.7 Å². The molecule has 2 atom stereocenters. The first-order chi connectivity index (χ1) is 10.0. The lowest BCUT2D eigenvalue weighted by Gasteiger charge is -2.21. The zero-order valence-corrected chi connectivity index (χ0v) is 13.7. The van der Waals surface area contributed by atoms with Crippen molar-refractivity contribution in [1.29, 1.82) is 0 Å². The summed E-state index contributed by atoms with van der Waals surface area (Å²) in [4.78, 5) is 0. The lowest BCUT2D eigenvalue weighted by Crippen LogP contribution is -2.31. The summed E-state index contributed by atoms with van der Waals surface area (Å²) in [5.41, 5.74) is 1.36. The maximum atomic E-state index is 4.29. The van der Waals surface area contributed by atoms with Gasteiger partial charge in [0.05, 0.1) is 6.54 Å². The molecule has 0 radical (unpaired) electrons. The summed E-state index contributed by atoms with van der Waals surface area (Å²) in [6.07, 6.45) is 0. The van der Waals surface area contributed by atoms with Gasteiger partial charge in [-0.15, -0.1) is 10.2 Å². The van der Waals surface area contributed by atoms with E-state index in [0.717, 1.165) is 18.2 Å². The molecule has 0 aliphatic rings. The SMILES string of the molecule is CC(C)c1nnc(CN[C@H](C)[C@@H](C)c2ccccc2)n1C. The molecule has 1 N–H and O–H groups in total. The second-order valence-corrected chi connectivity index (χ2v) is 6.06. The van der Waals surface area contributed by atoms with E-state index in [0.29, 0.717) is 17.9 Å². The van der Waals surface area contributed by atoms with E-state index in [9.17, 15) is 0 Å². The summed E-state index contributed by atoms with van der Waals surface area (Å²) in [5.74, 6) is 2.89. The minimum absolute atomic E-state index is 0.381. The van der Waals surface area contributed by atoms with Crippen molar-refractivity contribution in [1.82, 2.24) is 20.1 Å². The van der Waals surface area contributed by atoms with Gasteiger partial charge in [0.1, 0.15) is 11.6 Å². The van der Waals surface area contributed by atoms with Crippen LogP contribution in [0.4, 0.5) is 0 Å². The van der Waals surface area contributed by atoms with Crippen molar-refractivity contribution in [2.75, 3.05) is 0 Å². The Bertz CT molecular complexity index is 559. The number of rotatable bonds is 6. The Morgan fingerprint density at radius 3 is 2.29 bits per heavy atom. The molecule has 2 rings (SSSR count). The van der Waals surface area contributed by atoms with Crippen molar-refractivity contribution in [3.05, 3.63) is 47.5 Å². The molecule has 1 heterocycles. The van der Waals surface area contributed by atoms with Crippen molar-refractivity contribution >= 4 is 0 Å².